The lowest BCUT2D eigenvalue weighted by Crippen LogP contribution is -2.40. The first-order valence-electron chi connectivity index (χ1n) is 10.3. The highest BCUT2D eigenvalue weighted by atomic mass is 16.2. The van der Waals surface area contributed by atoms with Crippen molar-refractivity contribution in [2.24, 2.45) is 5.92 Å². The molecule has 1 aliphatic heterocycles. The fourth-order valence-corrected chi connectivity index (χ4v) is 4.36. The van der Waals surface area contributed by atoms with E-state index < -0.39 is 0 Å². The summed E-state index contributed by atoms with van der Waals surface area (Å²) in [4.78, 5) is 27.5. The number of amides is 1. The van der Waals surface area contributed by atoms with Gasteiger partial charge in [0, 0.05) is 34.6 Å². The number of para-hydroxylation sites is 1. The molecule has 0 radical (unpaired) electrons. The van der Waals surface area contributed by atoms with Crippen LogP contribution in [0, 0.1) is 19.8 Å². The minimum absolute atomic E-state index is 0.0199. The van der Waals surface area contributed by atoms with Crippen LogP contribution in [-0.4, -0.2) is 40.8 Å². The SMILES string of the molecule is Cc1cc(C(=O)CN2CCC(C(=O)Nc3ccccc3)CC2)c(C)n1C1CC1. The van der Waals surface area contributed by atoms with Gasteiger partial charge >= 0.3 is 0 Å². The molecule has 148 valence electrons. The highest BCUT2D eigenvalue weighted by Gasteiger charge is 2.30. The molecule has 1 aromatic carbocycles. The number of nitrogens with one attached hydrogen (secondary N) is 1. The van der Waals surface area contributed by atoms with Crippen molar-refractivity contribution in [2.75, 3.05) is 25.0 Å². The second kappa shape index (κ2) is 7.92. The lowest BCUT2D eigenvalue weighted by atomic mass is 9.95. The molecule has 0 atom stereocenters. The van der Waals surface area contributed by atoms with Crippen molar-refractivity contribution in [1.29, 1.82) is 0 Å². The standard InChI is InChI=1S/C23H29N3O2/c1-16-14-21(17(2)26(16)20-8-9-20)22(27)15-25-12-10-18(11-13-25)23(28)24-19-6-4-3-5-7-19/h3-7,14,18,20H,8-13,15H2,1-2H3,(H,24,28). The number of hydrogen-bond acceptors (Lipinski definition) is 3. The topological polar surface area (TPSA) is 54.3 Å². The van der Waals surface area contributed by atoms with Gasteiger partial charge in [-0.2, -0.15) is 0 Å². The Morgan fingerprint density at radius 2 is 1.71 bits per heavy atom. The lowest BCUT2D eigenvalue weighted by molar-refractivity contribution is -0.121. The number of piperidine rings is 1. The van der Waals surface area contributed by atoms with Gasteiger partial charge in [0.2, 0.25) is 5.91 Å². The Labute approximate surface area is 166 Å². The van der Waals surface area contributed by atoms with Crippen molar-refractivity contribution < 1.29 is 9.59 Å². The normalized spacial score (nSPS) is 18.2. The molecule has 4 rings (SSSR count). The molecule has 1 saturated carbocycles. The largest absolute Gasteiger partial charge is 0.345 e. The van der Waals surface area contributed by atoms with E-state index in [9.17, 15) is 9.59 Å². The molecule has 1 amide bonds. The van der Waals surface area contributed by atoms with Gasteiger partial charge in [0.15, 0.2) is 5.78 Å². The first-order chi connectivity index (χ1) is 13.5. The van der Waals surface area contributed by atoms with Gasteiger partial charge in [0.05, 0.1) is 6.54 Å². The predicted octanol–water partition coefficient (Wildman–Crippen LogP) is 3.97. The number of likely N-dealkylation sites (tertiary alicyclic amines) is 1. The summed E-state index contributed by atoms with van der Waals surface area (Å²) >= 11 is 0. The summed E-state index contributed by atoms with van der Waals surface area (Å²) in [6, 6.07) is 12.2. The molecular formula is C23H29N3O2. The predicted molar refractivity (Wildman–Crippen MR) is 111 cm³/mol. The second-order valence-electron chi connectivity index (χ2n) is 8.21. The van der Waals surface area contributed by atoms with Crippen molar-refractivity contribution in [2.45, 2.75) is 45.6 Å². The number of aryl methyl sites for hydroxylation is 1. The Morgan fingerprint density at radius 1 is 1.04 bits per heavy atom. The molecule has 0 spiro atoms. The van der Waals surface area contributed by atoms with Crippen LogP contribution in [0.25, 0.3) is 0 Å². The quantitative estimate of drug-likeness (QED) is 0.773. The molecule has 2 aromatic rings. The van der Waals surface area contributed by atoms with Gasteiger partial charge < -0.3 is 9.88 Å². The molecule has 1 saturated heterocycles. The highest BCUT2D eigenvalue weighted by molar-refractivity contribution is 5.99. The van der Waals surface area contributed by atoms with Crippen molar-refractivity contribution in [1.82, 2.24) is 9.47 Å². The van der Waals surface area contributed by atoms with Gasteiger partial charge in [-0.15, -0.1) is 0 Å². The van der Waals surface area contributed by atoms with E-state index in [0.717, 1.165) is 42.9 Å². The minimum Gasteiger partial charge on any atom is -0.345 e. The van der Waals surface area contributed by atoms with E-state index in [1.165, 1.54) is 18.5 Å². The van der Waals surface area contributed by atoms with Crippen LogP contribution in [0.4, 0.5) is 5.69 Å². The van der Waals surface area contributed by atoms with E-state index in [0.29, 0.717) is 12.6 Å². The van der Waals surface area contributed by atoms with Gasteiger partial charge in [-0.25, -0.2) is 0 Å². The smallest absolute Gasteiger partial charge is 0.227 e. The van der Waals surface area contributed by atoms with E-state index in [-0.39, 0.29) is 17.6 Å². The van der Waals surface area contributed by atoms with Crippen molar-refractivity contribution in [3.05, 3.63) is 53.3 Å². The Balaban J connectivity index is 1.30. The Hall–Kier alpha value is -2.40. The summed E-state index contributed by atoms with van der Waals surface area (Å²) < 4.78 is 2.33. The fourth-order valence-electron chi connectivity index (χ4n) is 4.36. The number of Topliss-reactive ketones (excluding diaryl/α,β-unsaturated/α-hetero) is 1. The zero-order chi connectivity index (χ0) is 19.7. The first-order valence-corrected chi connectivity index (χ1v) is 10.3. The molecule has 2 aliphatic rings. The third-order valence-corrected chi connectivity index (χ3v) is 6.06. The van der Waals surface area contributed by atoms with E-state index in [1.807, 2.05) is 30.3 Å². The molecule has 2 heterocycles. The summed E-state index contributed by atoms with van der Waals surface area (Å²) in [6.07, 6.45) is 4.05. The Bertz CT molecular complexity index is 859. The molecule has 28 heavy (non-hydrogen) atoms. The van der Waals surface area contributed by atoms with Gasteiger partial charge in [-0.3, -0.25) is 14.5 Å². The molecule has 1 N–H and O–H groups in total. The van der Waals surface area contributed by atoms with Gasteiger partial charge in [-0.05, 0) is 70.8 Å². The number of hydrogen-bond donors (Lipinski definition) is 1. The number of nitrogens with zero attached hydrogens (tertiary/aromatic N) is 2. The molecule has 1 aliphatic carbocycles. The van der Waals surface area contributed by atoms with Crippen molar-refractivity contribution in [3.63, 3.8) is 0 Å². The minimum atomic E-state index is 0.0199. The Morgan fingerprint density at radius 3 is 2.36 bits per heavy atom. The van der Waals surface area contributed by atoms with E-state index >= 15 is 0 Å². The Kier molecular flexibility index (Phi) is 5.36. The maximum absolute atomic E-state index is 12.9. The van der Waals surface area contributed by atoms with Crippen LogP contribution in [0.15, 0.2) is 36.4 Å². The summed E-state index contributed by atoms with van der Waals surface area (Å²) in [7, 11) is 0. The lowest BCUT2D eigenvalue weighted by Gasteiger charge is -2.30. The van der Waals surface area contributed by atoms with Crippen LogP contribution in [0.1, 0.15) is 53.5 Å². The molecule has 2 fully saturated rings. The van der Waals surface area contributed by atoms with E-state index in [2.05, 4.69) is 34.7 Å². The van der Waals surface area contributed by atoms with Crippen LogP contribution in [0.5, 0.6) is 0 Å². The summed E-state index contributed by atoms with van der Waals surface area (Å²) in [6.45, 7) is 6.19. The summed E-state index contributed by atoms with van der Waals surface area (Å²) in [5, 5.41) is 3.00. The third kappa shape index (κ3) is 4.04. The number of carbonyl (C=O) groups excluding carboxylic acids is 2. The number of carbonyl (C=O) groups is 2. The number of rotatable bonds is 6. The maximum Gasteiger partial charge on any atom is 0.227 e. The number of benzene rings is 1. The monoisotopic (exact) mass is 379 g/mol. The molecule has 0 unspecified atom stereocenters. The summed E-state index contributed by atoms with van der Waals surface area (Å²) in [5.41, 5.74) is 4.02. The zero-order valence-electron chi connectivity index (χ0n) is 16.8. The summed E-state index contributed by atoms with van der Waals surface area (Å²) in [5.74, 6) is 0.309. The maximum atomic E-state index is 12.9. The van der Waals surface area contributed by atoms with Crippen LogP contribution in [-0.2, 0) is 4.79 Å². The average Bonchev–Trinajstić information content (AvgIpc) is 3.47. The van der Waals surface area contributed by atoms with E-state index in [1.54, 1.807) is 0 Å². The first kappa shape index (κ1) is 18.9. The van der Waals surface area contributed by atoms with Gasteiger partial charge in [0.25, 0.3) is 0 Å². The fraction of sp³-hybridized carbons (Fsp3) is 0.478. The van der Waals surface area contributed by atoms with E-state index in [4.69, 9.17) is 0 Å². The zero-order valence-corrected chi connectivity index (χ0v) is 16.8. The van der Waals surface area contributed by atoms with Crippen LogP contribution in [0.3, 0.4) is 0 Å². The molecule has 1 aromatic heterocycles. The van der Waals surface area contributed by atoms with Crippen molar-refractivity contribution in [3.8, 4) is 0 Å². The third-order valence-electron chi connectivity index (χ3n) is 6.06. The highest BCUT2D eigenvalue weighted by Crippen LogP contribution is 2.38. The second-order valence-corrected chi connectivity index (χ2v) is 8.21. The molecule has 5 heteroatoms. The molecule has 0 bridgehead atoms. The van der Waals surface area contributed by atoms with Crippen molar-refractivity contribution >= 4 is 17.4 Å². The number of anilines is 1. The van der Waals surface area contributed by atoms with Gasteiger partial charge in [-0.1, -0.05) is 18.2 Å². The molecule has 5 nitrogen and oxygen atoms in total. The van der Waals surface area contributed by atoms with Crippen LogP contribution >= 0.6 is 0 Å². The average molecular weight is 380 g/mol. The van der Waals surface area contributed by atoms with Gasteiger partial charge in [0.1, 0.15) is 0 Å². The number of ketones is 1. The number of aromatic nitrogens is 1. The van der Waals surface area contributed by atoms with Crippen LogP contribution in [0.2, 0.25) is 0 Å². The van der Waals surface area contributed by atoms with Crippen LogP contribution < -0.4 is 5.32 Å². The molecular weight excluding hydrogens is 350 g/mol.